The largest absolute Gasteiger partial charge is 0.394 e. The minimum absolute atomic E-state index is 0.0587. The van der Waals surface area contributed by atoms with Gasteiger partial charge < -0.3 is 10.1 Å². The third kappa shape index (κ3) is 4.62. The first-order valence-electron chi connectivity index (χ1n) is 7.80. The molecule has 0 aliphatic heterocycles. The summed E-state index contributed by atoms with van der Waals surface area (Å²) in [6.45, 7) is 3.91. The van der Waals surface area contributed by atoms with E-state index in [1.54, 1.807) is 12.1 Å². The van der Waals surface area contributed by atoms with Gasteiger partial charge in [0.05, 0.1) is 18.8 Å². The van der Waals surface area contributed by atoms with Crippen molar-refractivity contribution in [3.63, 3.8) is 0 Å². The highest BCUT2D eigenvalue weighted by Gasteiger charge is 2.22. The van der Waals surface area contributed by atoms with Crippen molar-refractivity contribution in [3.05, 3.63) is 51.1 Å². The second kappa shape index (κ2) is 9.13. The van der Waals surface area contributed by atoms with E-state index in [1.807, 2.05) is 26.0 Å². The molecule has 3 aromatic rings. The van der Waals surface area contributed by atoms with E-state index < -0.39 is 0 Å². The molecule has 0 aliphatic carbocycles. The summed E-state index contributed by atoms with van der Waals surface area (Å²) in [5.74, 6) is 0.342. The number of aliphatic hydroxyl groups excluding tert-OH is 1. The van der Waals surface area contributed by atoms with Crippen LogP contribution in [0.25, 0.3) is 11.5 Å². The number of rotatable bonds is 5. The number of carbonyl (C=O) groups excluding carboxylic acids is 3. The Hall–Kier alpha value is -2.94. The van der Waals surface area contributed by atoms with Crippen molar-refractivity contribution in [1.82, 2.24) is 25.2 Å². The molecule has 0 unspecified atom stereocenters. The Morgan fingerprint density at radius 3 is 2.67 bits per heavy atom. The lowest BCUT2D eigenvalue weighted by atomic mass is 9.99. The van der Waals surface area contributed by atoms with Crippen molar-refractivity contribution in [2.75, 3.05) is 6.61 Å². The first kappa shape index (κ1) is 20.4. The first-order chi connectivity index (χ1) is 12.9. The normalized spacial score (nSPS) is 10.1. The van der Waals surface area contributed by atoms with Gasteiger partial charge in [-0.2, -0.15) is 14.4 Å². The molecule has 0 saturated carbocycles. The molecular weight excluding hydrogens is 418 g/mol. The zero-order valence-corrected chi connectivity index (χ0v) is 16.1. The predicted molar refractivity (Wildman–Crippen MR) is 96.7 cm³/mol. The van der Waals surface area contributed by atoms with Gasteiger partial charge in [-0.15, -0.1) is 10.2 Å². The second-order valence-corrected chi connectivity index (χ2v) is 6.40. The highest BCUT2D eigenvalue weighted by Crippen LogP contribution is 2.27. The molecule has 140 valence electrons. The fraction of sp³-hybridized carbons (Fsp3) is 0.235. The maximum absolute atomic E-state index is 12.9. The van der Waals surface area contributed by atoms with E-state index in [9.17, 15) is 4.79 Å². The van der Waals surface area contributed by atoms with Crippen LogP contribution in [-0.2, 0) is 16.1 Å². The summed E-state index contributed by atoms with van der Waals surface area (Å²) in [4.78, 5) is 33.6. The number of carbonyl (C=O) groups is 1. The van der Waals surface area contributed by atoms with Gasteiger partial charge in [0.25, 0.3) is 0 Å². The van der Waals surface area contributed by atoms with E-state index in [4.69, 9.17) is 14.7 Å². The molecule has 0 radical (unpaired) electrons. The van der Waals surface area contributed by atoms with Gasteiger partial charge >= 0.3 is 6.15 Å². The summed E-state index contributed by atoms with van der Waals surface area (Å²) >= 11 is 3.39. The smallest absolute Gasteiger partial charge is 0.373 e. The monoisotopic (exact) mass is 433 g/mol. The fourth-order valence-corrected chi connectivity index (χ4v) is 3.01. The molecule has 1 aromatic carbocycles. The van der Waals surface area contributed by atoms with Crippen LogP contribution in [0.1, 0.15) is 27.2 Å². The van der Waals surface area contributed by atoms with Crippen LogP contribution in [0.3, 0.4) is 0 Å². The second-order valence-electron chi connectivity index (χ2n) is 5.48. The summed E-state index contributed by atoms with van der Waals surface area (Å²) in [6, 6.07) is 7.29. The number of hydrogen-bond donors (Lipinski definition) is 2. The summed E-state index contributed by atoms with van der Waals surface area (Å²) < 4.78 is 0.855. The molecule has 10 heteroatoms. The Bertz CT molecular complexity index is 989. The van der Waals surface area contributed by atoms with Crippen molar-refractivity contribution in [2.45, 2.75) is 20.4 Å². The Morgan fingerprint density at radius 1 is 1.33 bits per heavy atom. The Kier molecular flexibility index (Phi) is 6.89. The van der Waals surface area contributed by atoms with Gasteiger partial charge in [0.15, 0.2) is 5.78 Å². The molecule has 2 aromatic heterocycles. The zero-order valence-electron chi connectivity index (χ0n) is 14.6. The Morgan fingerprint density at radius 2 is 2.04 bits per heavy atom. The Labute approximate surface area is 162 Å². The lowest BCUT2D eigenvalue weighted by molar-refractivity contribution is -0.191. The van der Waals surface area contributed by atoms with Crippen LogP contribution >= 0.6 is 15.9 Å². The highest BCUT2D eigenvalue weighted by molar-refractivity contribution is 9.10. The number of benzene rings is 1. The van der Waals surface area contributed by atoms with E-state index in [0.29, 0.717) is 22.6 Å². The zero-order chi connectivity index (χ0) is 20.0. The van der Waals surface area contributed by atoms with E-state index >= 15 is 0 Å². The quantitative estimate of drug-likeness (QED) is 0.585. The number of aliphatic hydroxyl groups is 1. The molecule has 0 bridgehead atoms. The van der Waals surface area contributed by atoms with Crippen molar-refractivity contribution in [2.24, 2.45) is 0 Å². The van der Waals surface area contributed by atoms with Crippen LogP contribution in [0.4, 0.5) is 0 Å². The summed E-state index contributed by atoms with van der Waals surface area (Å²) in [5.41, 5.74) is 3.42. The maximum atomic E-state index is 12.9. The number of nitrogens with one attached hydrogen (secondary N) is 1. The molecule has 2 N–H and O–H groups in total. The summed E-state index contributed by atoms with van der Waals surface area (Å²) in [7, 11) is 0. The number of hydrogen-bond acceptors (Lipinski definition) is 7. The highest BCUT2D eigenvalue weighted by atomic mass is 79.9. The van der Waals surface area contributed by atoms with Gasteiger partial charge in [0.1, 0.15) is 0 Å². The fourth-order valence-electron chi connectivity index (χ4n) is 2.62. The van der Waals surface area contributed by atoms with E-state index in [-0.39, 0.29) is 25.1 Å². The van der Waals surface area contributed by atoms with Crippen LogP contribution < -0.4 is 0 Å². The number of tetrazole rings is 1. The molecule has 0 fully saturated rings. The van der Waals surface area contributed by atoms with Crippen molar-refractivity contribution in [1.29, 1.82) is 0 Å². The lowest BCUT2D eigenvalue weighted by Gasteiger charge is -2.03. The number of H-pyrrole nitrogens is 1. The lowest BCUT2D eigenvalue weighted by Crippen LogP contribution is -2.05. The molecule has 0 atom stereocenters. The van der Waals surface area contributed by atoms with Crippen LogP contribution in [0.5, 0.6) is 0 Å². The van der Waals surface area contributed by atoms with Crippen molar-refractivity contribution >= 4 is 27.9 Å². The number of aromatic amines is 1. The minimum Gasteiger partial charge on any atom is -0.394 e. The molecule has 3 rings (SSSR count). The molecule has 0 aliphatic rings. The van der Waals surface area contributed by atoms with Gasteiger partial charge in [-0.05, 0) is 36.8 Å². The first-order valence-corrected chi connectivity index (χ1v) is 8.60. The van der Waals surface area contributed by atoms with Crippen molar-refractivity contribution in [3.8, 4) is 11.5 Å². The average molecular weight is 434 g/mol. The third-order valence-corrected chi connectivity index (χ3v) is 4.22. The average Bonchev–Trinajstić information content (AvgIpc) is 3.20. The van der Waals surface area contributed by atoms with Gasteiger partial charge in [-0.25, -0.2) is 0 Å². The molecule has 9 nitrogen and oxygen atoms in total. The van der Waals surface area contributed by atoms with E-state index in [1.165, 1.54) is 4.80 Å². The number of aromatic nitrogens is 5. The van der Waals surface area contributed by atoms with E-state index in [0.717, 1.165) is 15.7 Å². The van der Waals surface area contributed by atoms with E-state index in [2.05, 4.69) is 36.3 Å². The van der Waals surface area contributed by atoms with Gasteiger partial charge in [0, 0.05) is 21.3 Å². The van der Waals surface area contributed by atoms with Crippen LogP contribution in [0.15, 0.2) is 28.7 Å². The van der Waals surface area contributed by atoms with Gasteiger partial charge in [-0.1, -0.05) is 28.1 Å². The number of ketones is 1. The molecule has 0 amide bonds. The molecule has 2 heterocycles. The van der Waals surface area contributed by atoms with Gasteiger partial charge in [-0.3, -0.25) is 4.79 Å². The summed E-state index contributed by atoms with van der Waals surface area (Å²) in [5, 5.41) is 21.0. The molecule has 0 spiro atoms. The standard InChI is InChI=1S/C16H16BrN5O2.CO2/c1-9-13(15(24)11-4-3-5-12(17)8-11)10(2)18-14(9)16-19-21-22(20-16)6-7-23;2-1-3/h3-5,8,18,23H,6-7H2,1-2H3;. The number of halogens is 1. The number of aryl methyl sites for hydroxylation is 1. The topological polar surface area (TPSA) is 131 Å². The van der Waals surface area contributed by atoms with Gasteiger partial charge in [0.2, 0.25) is 5.82 Å². The van der Waals surface area contributed by atoms with Crippen LogP contribution in [0.2, 0.25) is 0 Å². The molecule has 27 heavy (non-hydrogen) atoms. The van der Waals surface area contributed by atoms with Crippen molar-refractivity contribution < 1.29 is 19.5 Å². The van der Waals surface area contributed by atoms with Crippen LogP contribution in [0, 0.1) is 13.8 Å². The third-order valence-electron chi connectivity index (χ3n) is 3.73. The SMILES string of the molecule is Cc1[nH]c(-c2nnn(CCO)n2)c(C)c1C(=O)c1cccc(Br)c1.O=C=O. The predicted octanol–water partition coefficient (Wildman–Crippen LogP) is 1.69. The van der Waals surface area contributed by atoms with Crippen LogP contribution in [-0.4, -0.2) is 48.8 Å². The molecule has 0 saturated heterocycles. The number of nitrogens with zero attached hydrogens (tertiary/aromatic N) is 4. The maximum Gasteiger partial charge on any atom is 0.373 e. The minimum atomic E-state index is -0.0643. The summed E-state index contributed by atoms with van der Waals surface area (Å²) in [6.07, 6.45) is 0.250. The molecular formula is C17H16BrN5O4. The Balaban J connectivity index is 0.000000817.